The largest absolute Gasteiger partial charge is 0.269 e. The Hall–Kier alpha value is -1.94. The van der Waals surface area contributed by atoms with Crippen molar-refractivity contribution in [1.29, 1.82) is 0 Å². The fourth-order valence-electron chi connectivity index (χ4n) is 4.16. The third-order valence-electron chi connectivity index (χ3n) is 5.75. The zero-order valence-electron chi connectivity index (χ0n) is 14.3. The number of nitrogens with zero attached hydrogens (tertiary/aromatic N) is 1. The van der Waals surface area contributed by atoms with Gasteiger partial charge < -0.3 is 0 Å². The topological polar surface area (TPSA) is 37.4 Å². The second kappa shape index (κ2) is 5.80. The van der Waals surface area contributed by atoms with E-state index in [9.17, 15) is 9.59 Å². The number of carbonyl (C=O) groups excluding carboxylic acids is 2. The molecule has 0 spiro atoms. The van der Waals surface area contributed by atoms with Crippen LogP contribution in [0.2, 0.25) is 0 Å². The van der Waals surface area contributed by atoms with Crippen molar-refractivity contribution in [3.8, 4) is 0 Å². The zero-order valence-corrected chi connectivity index (χ0v) is 15.9. The van der Waals surface area contributed by atoms with Crippen LogP contribution >= 0.6 is 15.9 Å². The highest BCUT2D eigenvalue weighted by molar-refractivity contribution is 9.10. The predicted molar refractivity (Wildman–Crippen MR) is 100 cm³/mol. The Morgan fingerprint density at radius 3 is 1.96 bits per heavy atom. The third kappa shape index (κ3) is 2.38. The van der Waals surface area contributed by atoms with Crippen molar-refractivity contribution in [1.82, 2.24) is 4.90 Å². The van der Waals surface area contributed by atoms with Gasteiger partial charge in [0.05, 0.1) is 16.7 Å². The highest BCUT2D eigenvalue weighted by Crippen LogP contribution is 2.54. The number of hydrogen-bond acceptors (Lipinski definition) is 2. The van der Waals surface area contributed by atoms with Crippen molar-refractivity contribution >= 4 is 27.7 Å². The number of fused-ring (bicyclic) bond motifs is 1. The molecule has 1 heterocycles. The maximum atomic E-state index is 13.1. The van der Waals surface area contributed by atoms with E-state index in [4.69, 9.17) is 0 Å². The van der Waals surface area contributed by atoms with Crippen molar-refractivity contribution in [2.24, 2.45) is 11.8 Å². The molecular weight excluding hydrogens is 378 g/mol. The minimum Gasteiger partial charge on any atom is -0.269 e. The zero-order chi connectivity index (χ0) is 17.8. The van der Waals surface area contributed by atoms with Crippen molar-refractivity contribution in [3.05, 3.63) is 69.7 Å². The van der Waals surface area contributed by atoms with Gasteiger partial charge in [0.2, 0.25) is 0 Å². The molecule has 25 heavy (non-hydrogen) atoms. The van der Waals surface area contributed by atoms with Gasteiger partial charge in [0.1, 0.15) is 0 Å². The highest BCUT2D eigenvalue weighted by Gasteiger charge is 2.57. The molecule has 1 aliphatic heterocycles. The molecule has 0 radical (unpaired) electrons. The summed E-state index contributed by atoms with van der Waals surface area (Å²) in [4.78, 5) is 27.6. The van der Waals surface area contributed by atoms with Crippen molar-refractivity contribution in [2.45, 2.75) is 32.2 Å². The van der Waals surface area contributed by atoms with Crippen LogP contribution in [0.3, 0.4) is 0 Å². The number of carbonyl (C=O) groups is 2. The summed E-state index contributed by atoms with van der Waals surface area (Å²) in [6.45, 7) is 4.41. The number of halogens is 1. The average molecular weight is 398 g/mol. The summed E-state index contributed by atoms with van der Waals surface area (Å²) in [5.41, 5.74) is 1.57. The highest BCUT2D eigenvalue weighted by atomic mass is 79.9. The molecule has 0 atom stereocenters. The Balaban J connectivity index is 1.80. The molecule has 4 heteroatoms. The van der Waals surface area contributed by atoms with E-state index < -0.39 is 5.54 Å². The lowest BCUT2D eigenvalue weighted by molar-refractivity contribution is -0.0189. The van der Waals surface area contributed by atoms with Crippen LogP contribution in [0.15, 0.2) is 53.0 Å². The summed E-state index contributed by atoms with van der Waals surface area (Å²) in [5, 5.41) is 0. The van der Waals surface area contributed by atoms with Crippen LogP contribution < -0.4 is 0 Å². The molecule has 1 saturated carbocycles. The fraction of sp³-hybridized carbons (Fsp3) is 0.333. The Bertz CT molecular complexity index is 815. The number of hydrogen-bond donors (Lipinski definition) is 0. The van der Waals surface area contributed by atoms with E-state index in [1.807, 2.05) is 36.4 Å². The SMILES string of the molecule is CC(C)C1CC(c2ccc(Br)cc2)(N2C(=O)c3ccccc3C2=O)C1. The van der Waals surface area contributed by atoms with E-state index in [0.717, 1.165) is 22.9 Å². The number of amides is 2. The normalized spacial score (nSPS) is 25.3. The molecule has 0 bridgehead atoms. The molecule has 128 valence electrons. The van der Waals surface area contributed by atoms with Gasteiger partial charge in [0.25, 0.3) is 11.8 Å². The molecule has 1 aliphatic carbocycles. The lowest BCUT2D eigenvalue weighted by atomic mass is 9.60. The molecule has 2 aromatic rings. The monoisotopic (exact) mass is 397 g/mol. The minimum atomic E-state index is -0.525. The summed E-state index contributed by atoms with van der Waals surface area (Å²) in [5.74, 6) is 0.739. The van der Waals surface area contributed by atoms with Crippen LogP contribution in [0.5, 0.6) is 0 Å². The standard InChI is InChI=1S/C21H20BrNO2/c1-13(2)14-11-21(12-14,15-7-9-16(22)10-8-15)23-19(24)17-5-3-4-6-18(17)20(23)25/h3-10,13-14H,11-12H2,1-2H3. The quantitative estimate of drug-likeness (QED) is 0.682. The second-order valence-electron chi connectivity index (χ2n) is 7.44. The summed E-state index contributed by atoms with van der Waals surface area (Å²) >= 11 is 3.47. The maximum absolute atomic E-state index is 13.1. The summed E-state index contributed by atoms with van der Waals surface area (Å²) < 4.78 is 0.994. The van der Waals surface area contributed by atoms with Crippen LogP contribution in [-0.4, -0.2) is 16.7 Å². The molecular formula is C21H20BrNO2. The van der Waals surface area contributed by atoms with Crippen molar-refractivity contribution in [2.75, 3.05) is 0 Å². The number of benzene rings is 2. The summed E-state index contributed by atoms with van der Waals surface area (Å²) in [6.07, 6.45) is 1.66. The molecule has 2 aliphatic rings. The number of rotatable bonds is 3. The Morgan fingerprint density at radius 1 is 0.960 bits per heavy atom. The van der Waals surface area contributed by atoms with Crippen molar-refractivity contribution < 1.29 is 9.59 Å². The first-order valence-electron chi connectivity index (χ1n) is 8.68. The smallest absolute Gasteiger partial charge is 0.262 e. The van der Waals surface area contributed by atoms with Crippen molar-refractivity contribution in [3.63, 3.8) is 0 Å². The van der Waals surface area contributed by atoms with Crippen LogP contribution in [0, 0.1) is 11.8 Å². The molecule has 3 nitrogen and oxygen atoms in total. The molecule has 0 aromatic heterocycles. The minimum absolute atomic E-state index is 0.161. The molecule has 0 N–H and O–H groups in total. The molecule has 0 saturated heterocycles. The summed E-state index contributed by atoms with van der Waals surface area (Å²) in [7, 11) is 0. The van der Waals surface area contributed by atoms with E-state index in [1.165, 1.54) is 4.90 Å². The molecule has 2 amide bonds. The first-order valence-corrected chi connectivity index (χ1v) is 9.47. The van der Waals surface area contributed by atoms with Gasteiger partial charge in [-0.1, -0.05) is 54.0 Å². The maximum Gasteiger partial charge on any atom is 0.262 e. The van der Waals surface area contributed by atoms with Gasteiger partial charge in [-0.3, -0.25) is 14.5 Å². The first kappa shape index (κ1) is 16.5. The van der Waals surface area contributed by atoms with Gasteiger partial charge in [-0.25, -0.2) is 0 Å². The Kier molecular flexibility index (Phi) is 3.84. The van der Waals surface area contributed by atoms with Gasteiger partial charge in [-0.05, 0) is 54.5 Å². The lowest BCUT2D eigenvalue weighted by Gasteiger charge is -2.54. The van der Waals surface area contributed by atoms with Gasteiger partial charge in [0, 0.05) is 4.47 Å². The van der Waals surface area contributed by atoms with E-state index >= 15 is 0 Å². The second-order valence-corrected chi connectivity index (χ2v) is 8.36. The predicted octanol–water partition coefficient (Wildman–Crippen LogP) is 5.01. The van der Waals surface area contributed by atoms with Gasteiger partial charge in [0.15, 0.2) is 0 Å². The molecule has 0 unspecified atom stereocenters. The molecule has 2 aromatic carbocycles. The Morgan fingerprint density at radius 2 is 1.48 bits per heavy atom. The fourth-order valence-corrected chi connectivity index (χ4v) is 4.43. The van der Waals surface area contributed by atoms with E-state index in [1.54, 1.807) is 12.1 Å². The van der Waals surface area contributed by atoms with Gasteiger partial charge in [-0.2, -0.15) is 0 Å². The van der Waals surface area contributed by atoms with Gasteiger partial charge in [-0.15, -0.1) is 0 Å². The molecule has 4 rings (SSSR count). The van der Waals surface area contributed by atoms with Gasteiger partial charge >= 0.3 is 0 Å². The first-order chi connectivity index (χ1) is 11.9. The Labute approximate surface area is 156 Å². The number of imide groups is 1. The summed E-state index contributed by atoms with van der Waals surface area (Å²) in [6, 6.07) is 15.2. The van der Waals surface area contributed by atoms with E-state index in [0.29, 0.717) is 23.0 Å². The van der Waals surface area contributed by atoms with E-state index in [2.05, 4.69) is 29.8 Å². The average Bonchev–Trinajstić information content (AvgIpc) is 2.81. The van der Waals surface area contributed by atoms with Crippen LogP contribution in [-0.2, 0) is 5.54 Å². The van der Waals surface area contributed by atoms with Crippen LogP contribution in [0.1, 0.15) is 53.0 Å². The van der Waals surface area contributed by atoms with Crippen LogP contribution in [0.4, 0.5) is 0 Å². The van der Waals surface area contributed by atoms with E-state index in [-0.39, 0.29) is 11.8 Å². The third-order valence-corrected chi connectivity index (χ3v) is 6.27. The van der Waals surface area contributed by atoms with Crippen LogP contribution in [0.25, 0.3) is 0 Å². The molecule has 1 fully saturated rings. The lowest BCUT2D eigenvalue weighted by Crippen LogP contribution is -2.58.